The Hall–Kier alpha value is -2.45. The van der Waals surface area contributed by atoms with Gasteiger partial charge in [-0.05, 0) is 18.4 Å². The van der Waals surface area contributed by atoms with Crippen molar-refractivity contribution in [2.75, 3.05) is 6.61 Å². The highest BCUT2D eigenvalue weighted by Crippen LogP contribution is 2.44. The van der Waals surface area contributed by atoms with Crippen LogP contribution in [0.2, 0.25) is 0 Å². The summed E-state index contributed by atoms with van der Waals surface area (Å²) in [6, 6.07) is 8.04. The van der Waals surface area contributed by atoms with Crippen molar-refractivity contribution in [2.24, 2.45) is 0 Å². The van der Waals surface area contributed by atoms with E-state index in [0.717, 1.165) is 31.9 Å². The molecule has 2 aromatic rings. The molecule has 2 heterocycles. The van der Waals surface area contributed by atoms with Gasteiger partial charge in [0, 0.05) is 6.20 Å². The second-order valence-electron chi connectivity index (χ2n) is 8.99. The zero-order valence-corrected chi connectivity index (χ0v) is 20.1. The van der Waals surface area contributed by atoms with E-state index in [1.807, 2.05) is 4.98 Å². The fourth-order valence-corrected chi connectivity index (χ4v) is 4.42. The number of aliphatic hydroxyl groups excluding tert-OH is 2. The van der Waals surface area contributed by atoms with Crippen LogP contribution in [0.4, 0.5) is 4.39 Å². The summed E-state index contributed by atoms with van der Waals surface area (Å²) in [5.41, 5.74) is -5.21. The molecule has 1 unspecified atom stereocenters. The van der Waals surface area contributed by atoms with Gasteiger partial charge in [-0.2, -0.15) is 0 Å². The standard InChI is InChI=1S/C24H34FN3O8/c1-2-3-4-5-6-10-13-19(25)28(35)23(33)20(30)18(15-29)36-24(23,34)27-14-17(21(31)26-22(27)32)16-11-8-7-9-12-16/h7-9,11-12,14,18-20,29-30,33-35H,2-6,10,13,15H2,1H3,(H,26,31,32)/t18-,19?,20-,23-,24-/m1/s1. The van der Waals surface area contributed by atoms with Crippen LogP contribution in [-0.4, -0.2) is 71.1 Å². The molecule has 0 spiro atoms. The average molecular weight is 512 g/mol. The molecule has 36 heavy (non-hydrogen) atoms. The molecule has 1 fully saturated rings. The van der Waals surface area contributed by atoms with Crippen LogP contribution in [0.3, 0.4) is 0 Å². The minimum atomic E-state index is -3.34. The highest BCUT2D eigenvalue weighted by atomic mass is 19.1. The van der Waals surface area contributed by atoms with E-state index in [-0.39, 0.29) is 17.0 Å². The summed E-state index contributed by atoms with van der Waals surface area (Å²) in [7, 11) is 0. The number of hydrogen-bond acceptors (Lipinski definition) is 9. The van der Waals surface area contributed by atoms with Crippen LogP contribution in [0.5, 0.6) is 0 Å². The molecule has 0 bridgehead atoms. The van der Waals surface area contributed by atoms with Gasteiger partial charge in [-0.3, -0.25) is 9.78 Å². The first kappa shape index (κ1) is 28.1. The highest BCUT2D eigenvalue weighted by Gasteiger charge is 2.71. The summed E-state index contributed by atoms with van der Waals surface area (Å²) in [5.74, 6) is -3.30. The van der Waals surface area contributed by atoms with E-state index in [9.17, 15) is 35.2 Å². The van der Waals surface area contributed by atoms with Crippen molar-refractivity contribution in [3.63, 3.8) is 0 Å². The van der Waals surface area contributed by atoms with Gasteiger partial charge in [0.2, 0.25) is 5.72 Å². The number of H-pyrrole nitrogens is 1. The zero-order chi connectivity index (χ0) is 26.5. The molecule has 0 aliphatic carbocycles. The Bertz CT molecular complexity index is 1110. The van der Waals surface area contributed by atoms with E-state index < -0.39 is 48.0 Å². The lowest BCUT2D eigenvalue weighted by Crippen LogP contribution is -2.69. The van der Waals surface area contributed by atoms with Gasteiger partial charge in [0.05, 0.1) is 12.2 Å². The van der Waals surface area contributed by atoms with Crippen molar-refractivity contribution in [2.45, 2.75) is 82.0 Å². The molecule has 1 aliphatic heterocycles. The third-order valence-electron chi connectivity index (χ3n) is 6.50. The summed E-state index contributed by atoms with van der Waals surface area (Å²) >= 11 is 0. The third-order valence-corrected chi connectivity index (χ3v) is 6.50. The van der Waals surface area contributed by atoms with Gasteiger partial charge in [0.15, 0.2) is 6.30 Å². The molecule has 1 aliphatic rings. The van der Waals surface area contributed by atoms with Gasteiger partial charge < -0.3 is 30.4 Å². The number of hydrogen-bond donors (Lipinski definition) is 6. The van der Waals surface area contributed by atoms with Crippen molar-refractivity contribution in [1.82, 2.24) is 14.6 Å². The lowest BCUT2D eigenvalue weighted by atomic mass is 9.99. The number of ether oxygens (including phenoxy) is 1. The third kappa shape index (κ3) is 5.16. The van der Waals surface area contributed by atoms with Crippen molar-refractivity contribution < 1.29 is 34.8 Å². The SMILES string of the molecule is CCCCCCCCC(F)N(O)[C@@]1(O)[C@H](O)[C@@H](CO)O[C@@]1(O)n1cc(-c2ccccc2)c(=O)[nH]c1=O. The molecule has 3 rings (SSSR count). The summed E-state index contributed by atoms with van der Waals surface area (Å²) in [5, 5.41) is 53.4. The number of alkyl halides is 1. The number of hydroxylamine groups is 2. The lowest BCUT2D eigenvalue weighted by molar-refractivity contribution is -0.428. The molecule has 6 N–H and O–H groups in total. The van der Waals surface area contributed by atoms with Crippen molar-refractivity contribution in [3.8, 4) is 11.1 Å². The van der Waals surface area contributed by atoms with Gasteiger partial charge in [0.25, 0.3) is 5.56 Å². The van der Waals surface area contributed by atoms with Gasteiger partial charge in [-0.1, -0.05) is 69.4 Å². The minimum Gasteiger partial charge on any atom is -0.394 e. The number of benzene rings is 1. The number of halogens is 1. The Morgan fingerprint density at radius 3 is 2.42 bits per heavy atom. The number of rotatable bonds is 12. The van der Waals surface area contributed by atoms with E-state index in [4.69, 9.17) is 4.74 Å². The summed E-state index contributed by atoms with van der Waals surface area (Å²) in [4.78, 5) is 27.1. The van der Waals surface area contributed by atoms with Crippen LogP contribution in [0.25, 0.3) is 11.1 Å². The van der Waals surface area contributed by atoms with Crippen molar-refractivity contribution in [3.05, 3.63) is 57.4 Å². The number of nitrogens with one attached hydrogen (secondary N) is 1. The maximum absolute atomic E-state index is 15.1. The van der Waals surface area contributed by atoms with Crippen LogP contribution in [-0.2, 0) is 10.6 Å². The fourth-order valence-electron chi connectivity index (χ4n) is 4.42. The fraction of sp³-hybridized carbons (Fsp3) is 0.583. The second kappa shape index (κ2) is 11.7. The van der Waals surface area contributed by atoms with Crippen LogP contribution >= 0.6 is 0 Å². The molecule has 11 nitrogen and oxygen atoms in total. The molecule has 1 saturated heterocycles. The quantitative estimate of drug-likeness (QED) is 0.105. The number of aromatic nitrogens is 2. The maximum Gasteiger partial charge on any atom is 0.332 e. The number of aromatic amines is 1. The zero-order valence-electron chi connectivity index (χ0n) is 20.1. The first-order chi connectivity index (χ1) is 17.1. The largest absolute Gasteiger partial charge is 0.394 e. The molecular weight excluding hydrogens is 477 g/mol. The Labute approximate surface area is 207 Å². The Morgan fingerprint density at radius 2 is 1.78 bits per heavy atom. The Balaban J connectivity index is 1.98. The molecule has 5 atom stereocenters. The van der Waals surface area contributed by atoms with E-state index in [2.05, 4.69) is 6.92 Å². The number of aliphatic hydroxyl groups is 4. The first-order valence-electron chi connectivity index (χ1n) is 12.1. The van der Waals surface area contributed by atoms with E-state index in [0.29, 0.717) is 23.0 Å². The molecule has 0 saturated carbocycles. The molecule has 1 aromatic carbocycles. The summed E-state index contributed by atoms with van der Waals surface area (Å²) in [6.07, 6.45) is -0.703. The van der Waals surface area contributed by atoms with E-state index in [1.54, 1.807) is 30.3 Å². The predicted molar refractivity (Wildman–Crippen MR) is 126 cm³/mol. The van der Waals surface area contributed by atoms with Crippen molar-refractivity contribution in [1.29, 1.82) is 0 Å². The normalized spacial score (nSPS) is 27.0. The maximum atomic E-state index is 15.1. The van der Waals surface area contributed by atoms with E-state index >= 15 is 4.39 Å². The lowest BCUT2D eigenvalue weighted by Gasteiger charge is -2.43. The molecule has 0 amide bonds. The number of nitrogens with zero attached hydrogens (tertiary/aromatic N) is 2. The highest BCUT2D eigenvalue weighted by molar-refractivity contribution is 5.61. The number of unbranched alkanes of at least 4 members (excludes halogenated alkanes) is 5. The monoisotopic (exact) mass is 511 g/mol. The van der Waals surface area contributed by atoms with Crippen LogP contribution in [0, 0.1) is 0 Å². The minimum absolute atomic E-state index is 0.120. The summed E-state index contributed by atoms with van der Waals surface area (Å²) in [6.45, 7) is 1.12. The van der Waals surface area contributed by atoms with E-state index in [1.165, 1.54) is 0 Å². The Morgan fingerprint density at radius 1 is 1.14 bits per heavy atom. The molecular formula is C24H34FN3O8. The van der Waals surface area contributed by atoms with Gasteiger partial charge >= 0.3 is 11.6 Å². The molecule has 0 radical (unpaired) electrons. The average Bonchev–Trinajstić information content (AvgIpc) is 3.07. The molecule has 12 heteroatoms. The van der Waals surface area contributed by atoms with Gasteiger partial charge in [-0.15, -0.1) is 5.06 Å². The van der Waals surface area contributed by atoms with Crippen LogP contribution in [0.15, 0.2) is 46.1 Å². The van der Waals surface area contributed by atoms with Gasteiger partial charge in [-0.25, -0.2) is 13.8 Å². The predicted octanol–water partition coefficient (Wildman–Crippen LogP) is 0.984. The topological polar surface area (TPSA) is 168 Å². The Kier molecular flexibility index (Phi) is 9.17. The van der Waals surface area contributed by atoms with Crippen LogP contribution < -0.4 is 11.2 Å². The molecule has 1 aromatic heterocycles. The first-order valence-corrected chi connectivity index (χ1v) is 12.1. The van der Waals surface area contributed by atoms with Crippen molar-refractivity contribution >= 4 is 0 Å². The second-order valence-corrected chi connectivity index (χ2v) is 8.99. The smallest absolute Gasteiger partial charge is 0.332 e. The molecule has 200 valence electrons. The van der Waals surface area contributed by atoms with Crippen LogP contribution in [0.1, 0.15) is 51.9 Å². The summed E-state index contributed by atoms with van der Waals surface area (Å²) < 4.78 is 20.7. The van der Waals surface area contributed by atoms with Gasteiger partial charge in [0.1, 0.15) is 12.2 Å².